The van der Waals surface area contributed by atoms with Crippen molar-refractivity contribution in [2.45, 2.75) is 33.4 Å². The Kier molecular flexibility index (Phi) is 7.19. The predicted octanol–water partition coefficient (Wildman–Crippen LogP) is 3.70. The van der Waals surface area contributed by atoms with Crippen LogP contribution in [-0.2, 0) is 22.6 Å². The summed E-state index contributed by atoms with van der Waals surface area (Å²) >= 11 is 0. The maximum Gasteiger partial charge on any atom is 0.225 e. The smallest absolute Gasteiger partial charge is 0.225 e. The number of nitrogens with zero attached hydrogens (tertiary/aromatic N) is 2. The molecule has 0 saturated carbocycles. The van der Waals surface area contributed by atoms with E-state index in [2.05, 4.69) is 4.57 Å². The fraction of sp³-hybridized carbons (Fsp3) is 0.450. The number of ether oxygens (including phenoxy) is 1. The third kappa shape index (κ3) is 5.71. The van der Waals surface area contributed by atoms with Gasteiger partial charge in [0.05, 0.1) is 6.54 Å². The van der Waals surface area contributed by atoms with Gasteiger partial charge in [-0.2, -0.15) is 0 Å². The normalized spacial score (nSPS) is 11.1. The summed E-state index contributed by atoms with van der Waals surface area (Å²) in [5.41, 5.74) is 1.94. The molecule has 0 aliphatic rings. The second-order valence-electron chi connectivity index (χ2n) is 6.52. The van der Waals surface area contributed by atoms with Crippen LogP contribution in [0.1, 0.15) is 31.5 Å². The maximum absolute atomic E-state index is 13.4. The Hall–Kier alpha value is -2.14. The fourth-order valence-electron chi connectivity index (χ4n) is 2.81. The molecule has 1 aromatic heterocycles. The van der Waals surface area contributed by atoms with E-state index in [1.54, 1.807) is 19.2 Å². The van der Waals surface area contributed by atoms with Crippen LogP contribution >= 0.6 is 0 Å². The lowest BCUT2D eigenvalue weighted by Crippen LogP contribution is -2.35. The number of benzene rings is 1. The molecule has 0 aliphatic carbocycles. The van der Waals surface area contributed by atoms with Crippen LogP contribution in [0.15, 0.2) is 42.6 Å². The van der Waals surface area contributed by atoms with Gasteiger partial charge < -0.3 is 14.2 Å². The van der Waals surface area contributed by atoms with Crippen LogP contribution in [0.3, 0.4) is 0 Å². The van der Waals surface area contributed by atoms with Crippen molar-refractivity contribution >= 4 is 5.91 Å². The highest BCUT2D eigenvalue weighted by Crippen LogP contribution is 2.14. The molecular formula is C20H27FN2O2. The molecule has 0 fully saturated rings. The molecule has 0 unspecified atom stereocenters. The molecule has 2 aromatic rings. The molecule has 0 atom stereocenters. The van der Waals surface area contributed by atoms with Gasteiger partial charge in [-0.15, -0.1) is 0 Å². The Morgan fingerprint density at radius 1 is 1.28 bits per heavy atom. The first-order chi connectivity index (χ1) is 12.0. The largest absolute Gasteiger partial charge is 0.385 e. The molecular weight excluding hydrogens is 319 g/mol. The SMILES string of the molecule is COCCCN(Cc1cccn1Cc1cccc(F)c1)C(=O)C(C)C. The third-order valence-electron chi connectivity index (χ3n) is 4.10. The number of hydrogen-bond acceptors (Lipinski definition) is 2. The summed E-state index contributed by atoms with van der Waals surface area (Å²) in [5, 5.41) is 0. The second kappa shape index (κ2) is 9.37. The number of halogens is 1. The van der Waals surface area contributed by atoms with Gasteiger partial charge in [0.2, 0.25) is 5.91 Å². The molecule has 1 heterocycles. The maximum atomic E-state index is 13.4. The van der Waals surface area contributed by atoms with Gasteiger partial charge in [0.15, 0.2) is 0 Å². The van der Waals surface area contributed by atoms with Crippen LogP contribution < -0.4 is 0 Å². The van der Waals surface area contributed by atoms with E-state index in [4.69, 9.17) is 4.74 Å². The summed E-state index contributed by atoms with van der Waals surface area (Å²) in [6.45, 7) is 6.25. The van der Waals surface area contributed by atoms with E-state index in [0.717, 1.165) is 17.7 Å². The van der Waals surface area contributed by atoms with Crippen LogP contribution in [0, 0.1) is 11.7 Å². The average Bonchev–Trinajstić information content (AvgIpc) is 3.00. The first-order valence-electron chi connectivity index (χ1n) is 8.67. The van der Waals surface area contributed by atoms with E-state index in [1.807, 2.05) is 43.1 Å². The molecule has 136 valence electrons. The van der Waals surface area contributed by atoms with Crippen molar-refractivity contribution < 1.29 is 13.9 Å². The number of aromatic nitrogens is 1. The van der Waals surface area contributed by atoms with Crippen molar-refractivity contribution in [1.29, 1.82) is 0 Å². The van der Waals surface area contributed by atoms with Crippen LogP contribution in [0.2, 0.25) is 0 Å². The molecule has 0 bridgehead atoms. The molecule has 1 aromatic carbocycles. The van der Waals surface area contributed by atoms with Crippen molar-refractivity contribution in [3.8, 4) is 0 Å². The van der Waals surface area contributed by atoms with Gasteiger partial charge >= 0.3 is 0 Å². The molecule has 25 heavy (non-hydrogen) atoms. The van der Waals surface area contributed by atoms with E-state index in [-0.39, 0.29) is 17.6 Å². The van der Waals surface area contributed by atoms with Gasteiger partial charge in [-0.3, -0.25) is 4.79 Å². The number of carbonyl (C=O) groups is 1. The average molecular weight is 346 g/mol. The molecule has 0 radical (unpaired) electrons. The summed E-state index contributed by atoms with van der Waals surface area (Å²) in [4.78, 5) is 14.4. The van der Waals surface area contributed by atoms with Crippen molar-refractivity contribution in [2.75, 3.05) is 20.3 Å². The highest BCUT2D eigenvalue weighted by Gasteiger charge is 2.18. The monoisotopic (exact) mass is 346 g/mol. The first-order valence-corrected chi connectivity index (χ1v) is 8.67. The van der Waals surface area contributed by atoms with Crippen LogP contribution in [0.5, 0.6) is 0 Å². The van der Waals surface area contributed by atoms with E-state index in [1.165, 1.54) is 6.07 Å². The molecule has 0 N–H and O–H groups in total. The lowest BCUT2D eigenvalue weighted by Gasteiger charge is -2.25. The van der Waals surface area contributed by atoms with Gasteiger partial charge in [0, 0.05) is 44.6 Å². The standard InChI is InChI=1S/C20H27FN2O2/c1-16(2)20(24)23(11-6-12-25-3)15-19-9-5-10-22(19)14-17-7-4-8-18(21)13-17/h4-5,7-10,13,16H,6,11-12,14-15H2,1-3H3. The highest BCUT2D eigenvalue weighted by atomic mass is 19.1. The van der Waals surface area contributed by atoms with Gasteiger partial charge in [-0.05, 0) is 36.2 Å². The minimum Gasteiger partial charge on any atom is -0.385 e. The first kappa shape index (κ1) is 19.2. The minimum absolute atomic E-state index is 0.0471. The Bertz CT molecular complexity index is 682. The fourth-order valence-corrected chi connectivity index (χ4v) is 2.81. The van der Waals surface area contributed by atoms with E-state index in [9.17, 15) is 9.18 Å². The van der Waals surface area contributed by atoms with E-state index < -0.39 is 0 Å². The summed E-state index contributed by atoms with van der Waals surface area (Å²) in [6, 6.07) is 10.6. The number of methoxy groups -OCH3 is 1. The second-order valence-corrected chi connectivity index (χ2v) is 6.52. The van der Waals surface area contributed by atoms with Crippen LogP contribution in [-0.4, -0.2) is 35.6 Å². The van der Waals surface area contributed by atoms with E-state index >= 15 is 0 Å². The predicted molar refractivity (Wildman–Crippen MR) is 96.7 cm³/mol. The van der Waals surface area contributed by atoms with Crippen LogP contribution in [0.25, 0.3) is 0 Å². The zero-order valence-electron chi connectivity index (χ0n) is 15.2. The lowest BCUT2D eigenvalue weighted by molar-refractivity contribution is -0.135. The topological polar surface area (TPSA) is 34.5 Å². The summed E-state index contributed by atoms with van der Waals surface area (Å²) in [5.74, 6) is -0.147. The van der Waals surface area contributed by atoms with Crippen molar-refractivity contribution in [2.24, 2.45) is 5.92 Å². The number of hydrogen-bond donors (Lipinski definition) is 0. The molecule has 0 aliphatic heterocycles. The summed E-state index contributed by atoms with van der Waals surface area (Å²) in [6.07, 6.45) is 2.77. The molecule has 1 amide bonds. The van der Waals surface area contributed by atoms with Gasteiger partial charge in [0.1, 0.15) is 5.82 Å². The quantitative estimate of drug-likeness (QED) is 0.649. The van der Waals surface area contributed by atoms with Crippen molar-refractivity contribution in [1.82, 2.24) is 9.47 Å². The summed E-state index contributed by atoms with van der Waals surface area (Å²) < 4.78 is 20.6. The molecule has 0 spiro atoms. The lowest BCUT2D eigenvalue weighted by atomic mass is 10.1. The Morgan fingerprint density at radius 3 is 2.76 bits per heavy atom. The molecule has 5 heteroatoms. The third-order valence-corrected chi connectivity index (χ3v) is 4.10. The van der Waals surface area contributed by atoms with E-state index in [0.29, 0.717) is 26.2 Å². The number of rotatable bonds is 9. The Labute approximate surface area is 149 Å². The Morgan fingerprint density at radius 2 is 2.08 bits per heavy atom. The van der Waals surface area contributed by atoms with Crippen LogP contribution in [0.4, 0.5) is 4.39 Å². The molecule has 4 nitrogen and oxygen atoms in total. The van der Waals surface area contributed by atoms with Gasteiger partial charge in [-0.1, -0.05) is 26.0 Å². The van der Waals surface area contributed by atoms with Crippen molar-refractivity contribution in [3.63, 3.8) is 0 Å². The molecule has 0 saturated heterocycles. The zero-order chi connectivity index (χ0) is 18.2. The highest BCUT2D eigenvalue weighted by molar-refractivity contribution is 5.78. The molecule has 2 rings (SSSR count). The Balaban J connectivity index is 2.11. The number of amides is 1. The van der Waals surface area contributed by atoms with Gasteiger partial charge in [-0.25, -0.2) is 4.39 Å². The van der Waals surface area contributed by atoms with Crippen molar-refractivity contribution in [3.05, 3.63) is 59.7 Å². The van der Waals surface area contributed by atoms with Gasteiger partial charge in [0.25, 0.3) is 0 Å². The zero-order valence-corrected chi connectivity index (χ0v) is 15.2. The minimum atomic E-state index is -0.234. The summed E-state index contributed by atoms with van der Waals surface area (Å²) in [7, 11) is 1.67. The number of carbonyl (C=O) groups excluding carboxylic acids is 1.